The second-order valence-electron chi connectivity index (χ2n) is 2.74. The molecule has 1 aromatic rings. The largest absolute Gasteiger partial charge is 0.478 e. The Kier molecular flexibility index (Phi) is 2.49. The maximum absolute atomic E-state index is 12.8. The molecule has 1 heterocycles. The van der Waals surface area contributed by atoms with E-state index in [1.54, 1.807) is 0 Å². The van der Waals surface area contributed by atoms with Crippen molar-refractivity contribution in [2.24, 2.45) is 7.05 Å². The highest BCUT2D eigenvalue weighted by atomic mass is 35.5. The molecule has 0 aliphatic heterocycles. The topological polar surface area (TPSA) is 55.1 Å². The number of hydrogen-bond acceptors (Lipinski definition) is 2. The average molecular weight is 225 g/mol. The summed E-state index contributed by atoms with van der Waals surface area (Å²) in [6.07, 6.45) is 0. The van der Waals surface area contributed by atoms with Gasteiger partial charge in [-0.1, -0.05) is 0 Å². The van der Waals surface area contributed by atoms with Crippen molar-refractivity contribution in [1.29, 1.82) is 0 Å². The molecule has 0 fully saturated rings. The Labute approximate surface area is 83.1 Å². The highest BCUT2D eigenvalue weighted by molar-refractivity contribution is 6.22. The number of alkyl halides is 3. The third-order valence-corrected chi connectivity index (χ3v) is 1.88. The quantitative estimate of drug-likeness (QED) is 0.778. The number of rotatable bonds is 2. The molecule has 0 aromatic carbocycles. The SMILES string of the molecule is Cc1nn(C)c(C(F)(F)Cl)c1C(=O)O. The van der Waals surface area contributed by atoms with E-state index in [2.05, 4.69) is 5.10 Å². The monoisotopic (exact) mass is 224 g/mol. The number of carbonyl (C=O) groups is 1. The van der Waals surface area contributed by atoms with Gasteiger partial charge in [0.1, 0.15) is 11.3 Å². The molecule has 0 aliphatic rings. The van der Waals surface area contributed by atoms with Crippen molar-refractivity contribution in [3.05, 3.63) is 17.0 Å². The fourth-order valence-electron chi connectivity index (χ4n) is 1.24. The molecule has 0 spiro atoms. The molecule has 1 aromatic heterocycles. The molecule has 0 radical (unpaired) electrons. The Morgan fingerprint density at radius 1 is 1.64 bits per heavy atom. The number of aromatic carboxylic acids is 1. The summed E-state index contributed by atoms with van der Waals surface area (Å²) in [7, 11) is 1.21. The molecule has 0 bridgehead atoms. The Hall–Kier alpha value is -1.17. The summed E-state index contributed by atoms with van der Waals surface area (Å²) in [6.45, 7) is 1.33. The first-order valence-corrected chi connectivity index (χ1v) is 3.97. The number of carboxylic acids is 1. The van der Waals surface area contributed by atoms with Gasteiger partial charge in [-0.05, 0) is 18.5 Å². The van der Waals surface area contributed by atoms with Crippen LogP contribution in [0.5, 0.6) is 0 Å². The summed E-state index contributed by atoms with van der Waals surface area (Å²) in [5.41, 5.74) is -1.34. The van der Waals surface area contributed by atoms with Crippen LogP contribution in [0.1, 0.15) is 21.7 Å². The first-order chi connectivity index (χ1) is 6.25. The van der Waals surface area contributed by atoms with Crippen LogP contribution in [0.4, 0.5) is 8.78 Å². The minimum Gasteiger partial charge on any atom is -0.478 e. The van der Waals surface area contributed by atoms with Crippen molar-refractivity contribution in [2.75, 3.05) is 0 Å². The second-order valence-corrected chi connectivity index (χ2v) is 3.21. The van der Waals surface area contributed by atoms with Gasteiger partial charge in [0, 0.05) is 7.05 Å². The van der Waals surface area contributed by atoms with Gasteiger partial charge >= 0.3 is 11.4 Å². The Morgan fingerprint density at radius 2 is 2.14 bits per heavy atom. The van der Waals surface area contributed by atoms with Crippen LogP contribution < -0.4 is 0 Å². The smallest absolute Gasteiger partial charge is 0.365 e. The molecule has 0 saturated heterocycles. The molecule has 4 nitrogen and oxygen atoms in total. The molecule has 14 heavy (non-hydrogen) atoms. The maximum Gasteiger partial charge on any atom is 0.365 e. The molecule has 7 heteroatoms. The Bertz CT molecular complexity index is 384. The lowest BCUT2D eigenvalue weighted by atomic mass is 10.2. The van der Waals surface area contributed by atoms with Gasteiger partial charge in [0.25, 0.3) is 0 Å². The van der Waals surface area contributed by atoms with Gasteiger partial charge in [0.2, 0.25) is 0 Å². The molecule has 1 rings (SSSR count). The van der Waals surface area contributed by atoms with Crippen molar-refractivity contribution in [1.82, 2.24) is 9.78 Å². The second kappa shape index (κ2) is 3.20. The van der Waals surface area contributed by atoms with Gasteiger partial charge < -0.3 is 5.11 Å². The lowest BCUT2D eigenvalue weighted by Crippen LogP contribution is -2.15. The van der Waals surface area contributed by atoms with E-state index < -0.39 is 22.6 Å². The van der Waals surface area contributed by atoms with Gasteiger partial charge in [0.15, 0.2) is 0 Å². The van der Waals surface area contributed by atoms with Crippen LogP contribution in [0.3, 0.4) is 0 Å². The highest BCUT2D eigenvalue weighted by Crippen LogP contribution is 2.35. The van der Waals surface area contributed by atoms with Crippen LogP contribution in [0.2, 0.25) is 0 Å². The van der Waals surface area contributed by atoms with E-state index in [0.29, 0.717) is 0 Å². The van der Waals surface area contributed by atoms with E-state index in [0.717, 1.165) is 4.68 Å². The molecule has 0 aliphatic carbocycles. The Morgan fingerprint density at radius 3 is 2.43 bits per heavy atom. The van der Waals surface area contributed by atoms with E-state index in [1.807, 2.05) is 0 Å². The standard InChI is InChI=1S/C7H7ClF2N2O2/c1-3-4(6(13)14)5(7(8,9)10)12(2)11-3/h1-2H3,(H,13,14). The predicted octanol–water partition coefficient (Wildman–Crippen LogP) is 1.71. The minimum atomic E-state index is -3.73. The van der Waals surface area contributed by atoms with Gasteiger partial charge in [-0.15, -0.1) is 0 Å². The van der Waals surface area contributed by atoms with Crippen molar-refractivity contribution in [3.8, 4) is 0 Å². The van der Waals surface area contributed by atoms with Crippen LogP contribution in [-0.4, -0.2) is 20.9 Å². The predicted molar refractivity (Wildman–Crippen MR) is 44.7 cm³/mol. The van der Waals surface area contributed by atoms with Crippen LogP contribution in [0, 0.1) is 6.92 Å². The molecule has 0 saturated carbocycles. The zero-order valence-electron chi connectivity index (χ0n) is 7.38. The number of carboxylic acid groups (broad SMARTS) is 1. The maximum atomic E-state index is 12.8. The zero-order valence-corrected chi connectivity index (χ0v) is 8.14. The lowest BCUT2D eigenvalue weighted by molar-refractivity contribution is 0.0642. The normalized spacial score (nSPS) is 11.8. The number of aromatic nitrogens is 2. The van der Waals surface area contributed by atoms with Crippen LogP contribution in [0.15, 0.2) is 0 Å². The third-order valence-electron chi connectivity index (χ3n) is 1.70. The minimum absolute atomic E-state index is 0.00956. The van der Waals surface area contributed by atoms with E-state index in [9.17, 15) is 13.6 Å². The molecule has 78 valence electrons. The van der Waals surface area contributed by atoms with Crippen molar-refractivity contribution in [2.45, 2.75) is 12.3 Å². The summed E-state index contributed by atoms with van der Waals surface area (Å²) in [4.78, 5) is 10.7. The first kappa shape index (κ1) is 10.9. The third kappa shape index (κ3) is 1.70. The van der Waals surface area contributed by atoms with Crippen LogP contribution in [0.25, 0.3) is 0 Å². The molecule has 0 amide bonds. The summed E-state index contributed by atoms with van der Waals surface area (Å²) >= 11 is 4.77. The summed E-state index contributed by atoms with van der Waals surface area (Å²) in [6, 6.07) is 0. The molecule has 1 N–H and O–H groups in total. The number of aryl methyl sites for hydroxylation is 2. The van der Waals surface area contributed by atoms with Gasteiger partial charge in [-0.25, -0.2) is 4.79 Å². The van der Waals surface area contributed by atoms with E-state index in [1.165, 1.54) is 14.0 Å². The summed E-state index contributed by atoms with van der Waals surface area (Å²) < 4.78 is 26.4. The van der Waals surface area contributed by atoms with Crippen LogP contribution >= 0.6 is 11.6 Å². The first-order valence-electron chi connectivity index (χ1n) is 3.59. The highest BCUT2D eigenvalue weighted by Gasteiger charge is 2.38. The summed E-state index contributed by atoms with van der Waals surface area (Å²) in [5.74, 6) is -1.47. The Balaban J connectivity index is 3.48. The van der Waals surface area contributed by atoms with E-state index >= 15 is 0 Å². The van der Waals surface area contributed by atoms with Gasteiger partial charge in [-0.3, -0.25) is 4.68 Å². The van der Waals surface area contributed by atoms with E-state index in [4.69, 9.17) is 16.7 Å². The molecular formula is C7H7ClF2N2O2. The number of nitrogens with zero attached hydrogens (tertiary/aromatic N) is 2. The zero-order chi connectivity index (χ0) is 11.1. The van der Waals surface area contributed by atoms with Crippen molar-refractivity contribution < 1.29 is 18.7 Å². The van der Waals surface area contributed by atoms with Gasteiger partial charge in [0.05, 0.1) is 5.69 Å². The van der Waals surface area contributed by atoms with Crippen molar-refractivity contribution >= 4 is 17.6 Å². The fourth-order valence-corrected chi connectivity index (χ4v) is 1.46. The van der Waals surface area contributed by atoms with E-state index in [-0.39, 0.29) is 5.69 Å². The number of halogens is 3. The molecular weight excluding hydrogens is 218 g/mol. The van der Waals surface area contributed by atoms with Crippen LogP contribution in [-0.2, 0) is 12.4 Å². The fraction of sp³-hybridized carbons (Fsp3) is 0.429. The average Bonchev–Trinajstić information content (AvgIpc) is 2.23. The van der Waals surface area contributed by atoms with Gasteiger partial charge in [-0.2, -0.15) is 13.9 Å². The van der Waals surface area contributed by atoms with Crippen molar-refractivity contribution in [3.63, 3.8) is 0 Å². The summed E-state index contributed by atoms with van der Waals surface area (Å²) in [5, 5.41) is 8.52. The lowest BCUT2D eigenvalue weighted by Gasteiger charge is -2.08. The molecule has 0 atom stereocenters. The number of hydrogen-bond donors (Lipinski definition) is 1. The molecule has 0 unspecified atom stereocenters.